The zero-order chi connectivity index (χ0) is 17.1. The van der Waals surface area contributed by atoms with Gasteiger partial charge in [-0.25, -0.2) is 0 Å². The number of ether oxygens (including phenoxy) is 1. The molecule has 7 heteroatoms. The Labute approximate surface area is 139 Å². The number of nitrogens with one attached hydrogen (secondary N) is 1. The molecule has 7 nitrogen and oxygen atoms in total. The minimum atomic E-state index is -0.0946. The molecule has 0 saturated carbocycles. The lowest BCUT2D eigenvalue weighted by Gasteiger charge is -2.14. The van der Waals surface area contributed by atoms with Gasteiger partial charge in [0.2, 0.25) is 5.89 Å². The van der Waals surface area contributed by atoms with Gasteiger partial charge in [-0.1, -0.05) is 5.16 Å². The molecule has 2 aromatic heterocycles. The Morgan fingerprint density at radius 1 is 1.29 bits per heavy atom. The molecule has 0 unspecified atom stereocenters. The molecule has 0 aliphatic heterocycles. The Morgan fingerprint density at radius 3 is 2.83 bits per heavy atom. The van der Waals surface area contributed by atoms with Gasteiger partial charge in [-0.2, -0.15) is 4.98 Å². The van der Waals surface area contributed by atoms with Crippen LogP contribution in [0.25, 0.3) is 10.9 Å². The number of hydrogen-bond acceptors (Lipinski definition) is 6. The Bertz CT molecular complexity index is 900. The van der Waals surface area contributed by atoms with Crippen LogP contribution in [0.2, 0.25) is 0 Å². The van der Waals surface area contributed by atoms with Crippen molar-refractivity contribution in [2.75, 3.05) is 13.7 Å². The van der Waals surface area contributed by atoms with Crippen molar-refractivity contribution in [3.05, 3.63) is 51.9 Å². The Morgan fingerprint density at radius 2 is 2.12 bits per heavy atom. The molecule has 3 aromatic rings. The Kier molecular flexibility index (Phi) is 4.61. The molecule has 126 valence electrons. The van der Waals surface area contributed by atoms with Crippen LogP contribution in [0.3, 0.4) is 0 Å². The van der Waals surface area contributed by atoms with E-state index in [2.05, 4.69) is 15.1 Å². The van der Waals surface area contributed by atoms with Crippen molar-refractivity contribution >= 4 is 10.9 Å². The molecule has 0 radical (unpaired) electrons. The SMILES string of the molecule is CCOc1ccc2[nH]c(=O)c(CN(C)Cc3noc(C)n3)cc2c1. The zero-order valence-electron chi connectivity index (χ0n) is 14.0. The van der Waals surface area contributed by atoms with E-state index in [1.165, 1.54) is 0 Å². The predicted octanol–water partition coefficient (Wildman–Crippen LogP) is 2.25. The number of aromatic nitrogens is 3. The minimum Gasteiger partial charge on any atom is -0.494 e. The highest BCUT2D eigenvalue weighted by molar-refractivity contribution is 5.80. The van der Waals surface area contributed by atoms with Gasteiger partial charge in [-0.3, -0.25) is 9.69 Å². The first-order valence-corrected chi connectivity index (χ1v) is 7.81. The van der Waals surface area contributed by atoms with E-state index in [9.17, 15) is 4.79 Å². The molecule has 0 aliphatic carbocycles. The Balaban J connectivity index is 1.82. The van der Waals surface area contributed by atoms with Gasteiger partial charge in [0.1, 0.15) is 5.75 Å². The summed E-state index contributed by atoms with van der Waals surface area (Å²) in [4.78, 5) is 21.3. The molecule has 0 amide bonds. The lowest BCUT2D eigenvalue weighted by molar-refractivity contribution is 0.299. The number of hydrogen-bond donors (Lipinski definition) is 1. The van der Waals surface area contributed by atoms with Gasteiger partial charge in [0.25, 0.3) is 5.56 Å². The molecule has 1 aromatic carbocycles. The standard InChI is InChI=1S/C17H20N4O3/c1-4-23-14-5-6-15-12(8-14)7-13(17(22)19-15)9-21(3)10-16-18-11(2)24-20-16/h5-8H,4,9-10H2,1-3H3,(H,19,22). The fourth-order valence-electron chi connectivity index (χ4n) is 2.60. The quantitative estimate of drug-likeness (QED) is 0.747. The van der Waals surface area contributed by atoms with Crippen LogP contribution in [0, 0.1) is 6.92 Å². The van der Waals surface area contributed by atoms with Crippen LogP contribution >= 0.6 is 0 Å². The molecule has 0 saturated heterocycles. The summed E-state index contributed by atoms with van der Waals surface area (Å²) >= 11 is 0. The van der Waals surface area contributed by atoms with Gasteiger partial charge in [0.15, 0.2) is 5.82 Å². The van der Waals surface area contributed by atoms with Crippen LogP contribution in [0.5, 0.6) is 5.75 Å². The van der Waals surface area contributed by atoms with Crippen molar-refractivity contribution in [1.82, 2.24) is 20.0 Å². The zero-order valence-corrected chi connectivity index (χ0v) is 14.0. The predicted molar refractivity (Wildman–Crippen MR) is 89.9 cm³/mol. The van der Waals surface area contributed by atoms with Crippen molar-refractivity contribution in [3.8, 4) is 5.75 Å². The van der Waals surface area contributed by atoms with E-state index in [1.807, 2.05) is 43.1 Å². The second-order valence-electron chi connectivity index (χ2n) is 5.71. The lowest BCUT2D eigenvalue weighted by atomic mass is 10.1. The number of pyridine rings is 1. The number of H-pyrrole nitrogens is 1. The van der Waals surface area contributed by atoms with Gasteiger partial charge >= 0.3 is 0 Å². The molecular weight excluding hydrogens is 308 g/mol. The van der Waals surface area contributed by atoms with Crippen LogP contribution in [0.4, 0.5) is 0 Å². The van der Waals surface area contributed by atoms with Crippen LogP contribution < -0.4 is 10.3 Å². The third kappa shape index (κ3) is 3.62. The van der Waals surface area contributed by atoms with Gasteiger partial charge in [0, 0.05) is 29.9 Å². The van der Waals surface area contributed by atoms with Gasteiger partial charge in [-0.15, -0.1) is 0 Å². The molecular formula is C17H20N4O3. The van der Waals surface area contributed by atoms with E-state index in [4.69, 9.17) is 9.26 Å². The van der Waals surface area contributed by atoms with Crippen LogP contribution in [-0.2, 0) is 13.1 Å². The molecule has 2 heterocycles. The van der Waals surface area contributed by atoms with Crippen molar-refractivity contribution in [3.63, 3.8) is 0 Å². The average molecular weight is 328 g/mol. The first kappa shape index (κ1) is 16.2. The summed E-state index contributed by atoms with van der Waals surface area (Å²) in [6.45, 7) is 5.29. The van der Waals surface area contributed by atoms with Gasteiger partial charge in [-0.05, 0) is 38.2 Å². The van der Waals surface area contributed by atoms with E-state index in [1.54, 1.807) is 6.92 Å². The minimum absolute atomic E-state index is 0.0946. The fourth-order valence-corrected chi connectivity index (χ4v) is 2.60. The van der Waals surface area contributed by atoms with Gasteiger partial charge in [0.05, 0.1) is 13.2 Å². The summed E-state index contributed by atoms with van der Waals surface area (Å²) in [7, 11) is 1.91. The number of nitrogens with zero attached hydrogens (tertiary/aromatic N) is 3. The number of benzene rings is 1. The summed E-state index contributed by atoms with van der Waals surface area (Å²) in [5, 5.41) is 4.82. The highest BCUT2D eigenvalue weighted by atomic mass is 16.5. The van der Waals surface area contributed by atoms with E-state index in [-0.39, 0.29) is 5.56 Å². The third-order valence-corrected chi connectivity index (χ3v) is 3.62. The maximum Gasteiger partial charge on any atom is 0.252 e. The summed E-state index contributed by atoms with van der Waals surface area (Å²) in [6, 6.07) is 7.54. The van der Waals surface area contributed by atoms with Crippen molar-refractivity contribution < 1.29 is 9.26 Å². The summed E-state index contributed by atoms with van der Waals surface area (Å²) in [5.74, 6) is 1.93. The number of fused-ring (bicyclic) bond motifs is 1. The molecule has 0 fully saturated rings. The maximum atomic E-state index is 12.3. The number of rotatable bonds is 6. The molecule has 24 heavy (non-hydrogen) atoms. The van der Waals surface area contributed by atoms with Crippen molar-refractivity contribution in [2.24, 2.45) is 0 Å². The van der Waals surface area contributed by atoms with E-state index in [0.717, 1.165) is 16.7 Å². The van der Waals surface area contributed by atoms with Crippen LogP contribution in [0.15, 0.2) is 33.6 Å². The smallest absolute Gasteiger partial charge is 0.252 e. The molecule has 0 bridgehead atoms. The van der Waals surface area contributed by atoms with E-state index >= 15 is 0 Å². The molecule has 0 atom stereocenters. The molecule has 0 aliphatic rings. The summed E-state index contributed by atoms with van der Waals surface area (Å²) in [6.07, 6.45) is 0. The lowest BCUT2D eigenvalue weighted by Crippen LogP contribution is -2.23. The monoisotopic (exact) mass is 328 g/mol. The van der Waals surface area contributed by atoms with Crippen LogP contribution in [-0.4, -0.2) is 33.7 Å². The van der Waals surface area contributed by atoms with E-state index in [0.29, 0.717) is 37.0 Å². The summed E-state index contributed by atoms with van der Waals surface area (Å²) in [5.41, 5.74) is 1.38. The van der Waals surface area contributed by atoms with Gasteiger partial charge < -0.3 is 14.2 Å². The van der Waals surface area contributed by atoms with Crippen LogP contribution in [0.1, 0.15) is 24.2 Å². The fraction of sp³-hybridized carbons (Fsp3) is 0.353. The van der Waals surface area contributed by atoms with Crippen molar-refractivity contribution in [2.45, 2.75) is 26.9 Å². The summed E-state index contributed by atoms with van der Waals surface area (Å²) < 4.78 is 10.5. The first-order chi connectivity index (χ1) is 11.5. The first-order valence-electron chi connectivity index (χ1n) is 7.81. The number of aromatic amines is 1. The highest BCUT2D eigenvalue weighted by Gasteiger charge is 2.10. The van der Waals surface area contributed by atoms with E-state index < -0.39 is 0 Å². The topological polar surface area (TPSA) is 84.3 Å². The normalized spacial score (nSPS) is 11.3. The highest BCUT2D eigenvalue weighted by Crippen LogP contribution is 2.19. The second kappa shape index (κ2) is 6.84. The molecule has 0 spiro atoms. The molecule has 3 rings (SSSR count). The second-order valence-corrected chi connectivity index (χ2v) is 5.71. The third-order valence-electron chi connectivity index (χ3n) is 3.62. The maximum absolute atomic E-state index is 12.3. The largest absolute Gasteiger partial charge is 0.494 e. The Hall–Kier alpha value is -2.67. The number of aryl methyl sites for hydroxylation is 1. The molecule has 1 N–H and O–H groups in total. The van der Waals surface area contributed by atoms with Crippen molar-refractivity contribution in [1.29, 1.82) is 0 Å². The average Bonchev–Trinajstić information content (AvgIpc) is 2.93.